The van der Waals surface area contributed by atoms with Crippen molar-refractivity contribution in [3.63, 3.8) is 0 Å². The first kappa shape index (κ1) is 18.2. The molecule has 0 spiro atoms. The van der Waals surface area contributed by atoms with Crippen LogP contribution in [0, 0.1) is 0 Å². The quantitative estimate of drug-likeness (QED) is 0.668. The Hall–Kier alpha value is -3.20. The van der Waals surface area contributed by atoms with E-state index >= 15 is 0 Å². The van der Waals surface area contributed by atoms with E-state index in [4.69, 9.17) is 9.26 Å². The number of hydrogen-bond acceptors (Lipinski definition) is 7. The molecule has 0 radical (unpaired) electrons. The third kappa shape index (κ3) is 3.48. The number of amides is 2. The highest BCUT2D eigenvalue weighted by Gasteiger charge is 2.34. The fourth-order valence-electron chi connectivity index (χ4n) is 3.19. The van der Waals surface area contributed by atoms with Gasteiger partial charge >= 0.3 is 12.0 Å². The zero-order valence-electron chi connectivity index (χ0n) is 15.1. The van der Waals surface area contributed by atoms with Gasteiger partial charge in [-0.1, -0.05) is 35.5 Å². The number of benzene rings is 1. The molecule has 144 valence electrons. The maximum atomic E-state index is 12.8. The zero-order chi connectivity index (χ0) is 19.5. The average molecular weight is 398 g/mol. The normalized spacial score (nSPS) is 16.2. The molecule has 1 saturated heterocycles. The van der Waals surface area contributed by atoms with E-state index in [0.29, 0.717) is 28.8 Å². The minimum Gasteiger partial charge on any atom is -0.465 e. The van der Waals surface area contributed by atoms with Gasteiger partial charge in [-0.15, -0.1) is 11.3 Å². The molecule has 0 aliphatic carbocycles. The van der Waals surface area contributed by atoms with Crippen LogP contribution in [-0.2, 0) is 4.74 Å². The first-order valence-corrected chi connectivity index (χ1v) is 9.68. The van der Waals surface area contributed by atoms with Crippen molar-refractivity contribution in [2.75, 3.05) is 19.0 Å². The van der Waals surface area contributed by atoms with E-state index in [1.54, 1.807) is 16.3 Å². The summed E-state index contributed by atoms with van der Waals surface area (Å²) in [6.07, 6.45) is 1.56. The first-order chi connectivity index (χ1) is 13.7. The molecule has 1 unspecified atom stereocenters. The largest absolute Gasteiger partial charge is 0.465 e. The van der Waals surface area contributed by atoms with Crippen LogP contribution >= 0.6 is 11.3 Å². The summed E-state index contributed by atoms with van der Waals surface area (Å²) >= 11 is 1.22. The summed E-state index contributed by atoms with van der Waals surface area (Å²) in [6.45, 7) is 0.567. The van der Waals surface area contributed by atoms with Gasteiger partial charge in [0.25, 0.3) is 0 Å². The summed E-state index contributed by atoms with van der Waals surface area (Å²) < 4.78 is 10.2. The Morgan fingerprint density at radius 2 is 2.11 bits per heavy atom. The van der Waals surface area contributed by atoms with E-state index < -0.39 is 5.97 Å². The van der Waals surface area contributed by atoms with Crippen LogP contribution in [0.5, 0.6) is 0 Å². The molecule has 1 N–H and O–H groups in total. The average Bonchev–Trinajstić information content (AvgIpc) is 3.47. The number of hydrogen-bond donors (Lipinski definition) is 1. The van der Waals surface area contributed by atoms with Crippen LogP contribution in [-0.4, -0.2) is 40.7 Å². The Kier molecular flexibility index (Phi) is 5.07. The maximum absolute atomic E-state index is 12.8. The van der Waals surface area contributed by atoms with Gasteiger partial charge in [0, 0.05) is 12.1 Å². The van der Waals surface area contributed by atoms with Gasteiger partial charge in [0.1, 0.15) is 10.9 Å². The molecule has 0 bridgehead atoms. The van der Waals surface area contributed by atoms with E-state index in [0.717, 1.165) is 18.4 Å². The van der Waals surface area contributed by atoms with Crippen LogP contribution in [0.2, 0.25) is 0 Å². The van der Waals surface area contributed by atoms with Gasteiger partial charge < -0.3 is 19.5 Å². The summed E-state index contributed by atoms with van der Waals surface area (Å²) in [5.74, 6) is 0.423. The Morgan fingerprint density at radius 3 is 2.89 bits per heavy atom. The topological polar surface area (TPSA) is 97.6 Å². The van der Waals surface area contributed by atoms with Gasteiger partial charge in [0.05, 0.1) is 12.8 Å². The lowest BCUT2D eigenvalue weighted by molar-refractivity contribution is 0.0607. The lowest BCUT2D eigenvalue weighted by Gasteiger charge is -2.22. The number of aromatic nitrogens is 2. The fraction of sp³-hybridized carbons (Fsp3) is 0.263. The van der Waals surface area contributed by atoms with E-state index in [9.17, 15) is 9.59 Å². The second-order valence-corrected chi connectivity index (χ2v) is 7.17. The molecule has 0 saturated carbocycles. The summed E-state index contributed by atoms with van der Waals surface area (Å²) in [7, 11) is 1.31. The number of urea groups is 1. The van der Waals surface area contributed by atoms with Gasteiger partial charge in [-0.05, 0) is 24.3 Å². The number of nitrogens with zero attached hydrogens (tertiary/aromatic N) is 3. The summed E-state index contributed by atoms with van der Waals surface area (Å²) in [6, 6.07) is 10.6. The van der Waals surface area contributed by atoms with Crippen LogP contribution in [0.15, 0.2) is 46.3 Å². The number of esters is 1. The minimum absolute atomic E-state index is 0.301. The van der Waals surface area contributed by atoms with Crippen LogP contribution in [0.25, 0.3) is 11.4 Å². The lowest BCUT2D eigenvalue weighted by Crippen LogP contribution is -2.34. The Bertz CT molecular complexity index is 985. The fourth-order valence-corrected chi connectivity index (χ4v) is 3.95. The highest BCUT2D eigenvalue weighted by molar-refractivity contribution is 7.12. The second-order valence-electron chi connectivity index (χ2n) is 6.26. The van der Waals surface area contributed by atoms with Gasteiger partial charge in [-0.25, -0.2) is 9.59 Å². The molecule has 1 aliphatic heterocycles. The van der Waals surface area contributed by atoms with Gasteiger partial charge in [0.15, 0.2) is 0 Å². The van der Waals surface area contributed by atoms with E-state index in [1.165, 1.54) is 18.4 Å². The molecule has 9 heteroatoms. The number of carbonyl (C=O) groups excluding carboxylic acids is 2. The third-order valence-electron chi connectivity index (χ3n) is 4.55. The second kappa shape index (κ2) is 7.81. The molecule has 1 aromatic carbocycles. The van der Waals surface area contributed by atoms with Gasteiger partial charge in [0.2, 0.25) is 11.7 Å². The molecule has 28 heavy (non-hydrogen) atoms. The minimum atomic E-state index is -0.479. The monoisotopic (exact) mass is 398 g/mol. The Balaban J connectivity index is 1.51. The van der Waals surface area contributed by atoms with Gasteiger partial charge in [-0.2, -0.15) is 4.98 Å². The van der Waals surface area contributed by atoms with Gasteiger partial charge in [-0.3, -0.25) is 0 Å². The Morgan fingerprint density at radius 1 is 1.29 bits per heavy atom. The van der Waals surface area contributed by atoms with Crippen molar-refractivity contribution < 1.29 is 18.8 Å². The lowest BCUT2D eigenvalue weighted by atomic mass is 10.2. The number of anilines is 1. The van der Waals surface area contributed by atoms with E-state index in [2.05, 4.69) is 15.5 Å². The van der Waals surface area contributed by atoms with Crippen molar-refractivity contribution in [2.45, 2.75) is 18.9 Å². The smallest absolute Gasteiger partial charge is 0.350 e. The summed E-state index contributed by atoms with van der Waals surface area (Å²) in [5, 5.41) is 8.57. The van der Waals surface area contributed by atoms with E-state index in [-0.39, 0.29) is 12.1 Å². The molecule has 2 aromatic heterocycles. The first-order valence-electron chi connectivity index (χ1n) is 8.80. The summed E-state index contributed by atoms with van der Waals surface area (Å²) in [4.78, 5) is 31.1. The zero-order valence-corrected chi connectivity index (χ0v) is 15.9. The van der Waals surface area contributed by atoms with Crippen molar-refractivity contribution in [1.82, 2.24) is 15.0 Å². The van der Waals surface area contributed by atoms with Crippen molar-refractivity contribution in [3.8, 4) is 11.4 Å². The number of methoxy groups -OCH3 is 1. The van der Waals surface area contributed by atoms with Crippen LogP contribution in [0.4, 0.5) is 10.5 Å². The molecule has 1 aliphatic rings. The number of ether oxygens (including phenoxy) is 1. The SMILES string of the molecule is COC(=O)c1sccc1NC(=O)N1CCCC1c1nc(-c2ccccc2)no1. The van der Waals surface area contributed by atoms with Crippen LogP contribution < -0.4 is 5.32 Å². The number of carbonyl (C=O) groups is 2. The number of rotatable bonds is 4. The molecule has 1 atom stereocenters. The molecule has 3 heterocycles. The predicted molar refractivity (Wildman–Crippen MR) is 103 cm³/mol. The van der Waals surface area contributed by atoms with Crippen molar-refractivity contribution >= 4 is 29.0 Å². The highest BCUT2D eigenvalue weighted by Crippen LogP contribution is 2.33. The Labute approximate surface area is 165 Å². The third-order valence-corrected chi connectivity index (χ3v) is 5.44. The number of nitrogens with one attached hydrogen (secondary N) is 1. The molecular formula is C19H18N4O4S. The number of thiophene rings is 1. The molecule has 8 nitrogen and oxygen atoms in total. The number of likely N-dealkylation sites (tertiary alicyclic amines) is 1. The molecule has 2 amide bonds. The summed E-state index contributed by atoms with van der Waals surface area (Å²) in [5.41, 5.74) is 1.29. The van der Waals surface area contributed by atoms with Crippen LogP contribution in [0.3, 0.4) is 0 Å². The predicted octanol–water partition coefficient (Wildman–Crippen LogP) is 3.95. The van der Waals surface area contributed by atoms with E-state index in [1.807, 2.05) is 30.3 Å². The van der Waals surface area contributed by atoms with Crippen molar-refractivity contribution in [3.05, 3.63) is 52.5 Å². The maximum Gasteiger partial charge on any atom is 0.350 e. The molecule has 1 fully saturated rings. The molecular weight excluding hydrogens is 380 g/mol. The standard InChI is InChI=1S/C19H18N4O4S/c1-26-18(24)15-13(9-11-28-15)20-19(25)23-10-5-8-14(23)17-21-16(22-27-17)12-6-3-2-4-7-12/h2-4,6-7,9,11,14H,5,8,10H2,1H3,(H,20,25). The van der Waals surface area contributed by atoms with Crippen molar-refractivity contribution in [1.29, 1.82) is 0 Å². The van der Waals surface area contributed by atoms with Crippen LogP contribution in [0.1, 0.15) is 34.4 Å². The van der Waals surface area contributed by atoms with Crippen molar-refractivity contribution in [2.24, 2.45) is 0 Å². The molecule has 3 aromatic rings. The highest BCUT2D eigenvalue weighted by atomic mass is 32.1. The molecule has 4 rings (SSSR count).